The number of nitrogens with zero attached hydrogens (tertiary/aromatic N) is 1. The molecule has 0 saturated carbocycles. The third kappa shape index (κ3) is 4.77. The molecular formula is C16H24N2O3. The quantitative estimate of drug-likeness (QED) is 0.846. The highest BCUT2D eigenvalue weighted by atomic mass is 16.4. The van der Waals surface area contributed by atoms with Crippen LogP contribution in [-0.4, -0.2) is 40.6 Å². The van der Waals surface area contributed by atoms with Crippen LogP contribution in [0.25, 0.3) is 0 Å². The maximum Gasteiger partial charge on any atom is 0.329 e. The first kappa shape index (κ1) is 17.0. The number of benzene rings is 1. The average molecular weight is 292 g/mol. The second-order valence-electron chi connectivity index (χ2n) is 5.80. The maximum atomic E-state index is 12.1. The number of urea groups is 1. The van der Waals surface area contributed by atoms with Gasteiger partial charge in [0.05, 0.1) is 0 Å². The summed E-state index contributed by atoms with van der Waals surface area (Å²) in [5.41, 5.74) is -0.0127. The molecule has 116 valence electrons. The van der Waals surface area contributed by atoms with Gasteiger partial charge in [-0.15, -0.1) is 0 Å². The molecule has 1 unspecified atom stereocenters. The lowest BCUT2D eigenvalue weighted by Crippen LogP contribution is -2.55. The predicted octanol–water partition coefficient (Wildman–Crippen LogP) is 2.51. The Labute approximate surface area is 126 Å². The molecule has 1 aromatic rings. The van der Waals surface area contributed by atoms with Crippen LogP contribution in [0.15, 0.2) is 30.3 Å². The van der Waals surface area contributed by atoms with Gasteiger partial charge in [0, 0.05) is 13.1 Å². The average Bonchev–Trinajstić information content (AvgIpc) is 2.45. The van der Waals surface area contributed by atoms with Crippen LogP contribution >= 0.6 is 0 Å². The van der Waals surface area contributed by atoms with Gasteiger partial charge >= 0.3 is 12.0 Å². The number of aryl methyl sites for hydroxylation is 1. The fourth-order valence-electron chi connectivity index (χ4n) is 1.80. The van der Waals surface area contributed by atoms with Crippen molar-refractivity contribution in [3.63, 3.8) is 0 Å². The minimum atomic E-state index is -1.23. The first-order chi connectivity index (χ1) is 9.75. The summed E-state index contributed by atoms with van der Waals surface area (Å²) >= 11 is 0. The summed E-state index contributed by atoms with van der Waals surface area (Å²) in [5, 5.41) is 12.0. The van der Waals surface area contributed by atoms with Crippen molar-refractivity contribution in [1.82, 2.24) is 10.2 Å². The number of hydrogen-bond donors (Lipinski definition) is 2. The van der Waals surface area contributed by atoms with Crippen LogP contribution in [0.5, 0.6) is 0 Å². The van der Waals surface area contributed by atoms with Crippen LogP contribution in [0.4, 0.5) is 4.79 Å². The monoisotopic (exact) mass is 292 g/mol. The second kappa shape index (κ2) is 7.11. The number of amides is 2. The molecule has 1 aromatic carbocycles. The van der Waals surface area contributed by atoms with E-state index in [0.717, 1.165) is 12.8 Å². The molecule has 1 atom stereocenters. The van der Waals surface area contributed by atoms with E-state index in [4.69, 9.17) is 5.11 Å². The Bertz CT molecular complexity index is 486. The number of hydrogen-bond acceptors (Lipinski definition) is 2. The van der Waals surface area contributed by atoms with Crippen LogP contribution in [0.2, 0.25) is 0 Å². The zero-order valence-corrected chi connectivity index (χ0v) is 13.1. The largest absolute Gasteiger partial charge is 0.480 e. The molecule has 0 aromatic heterocycles. The number of likely N-dealkylation sites (N-methyl/N-ethyl adjacent to an activating group) is 1. The summed E-state index contributed by atoms with van der Waals surface area (Å²) in [7, 11) is 1.49. The Balaban J connectivity index is 2.49. The van der Waals surface area contributed by atoms with Gasteiger partial charge in [-0.1, -0.05) is 30.3 Å². The van der Waals surface area contributed by atoms with Gasteiger partial charge in [0.15, 0.2) is 0 Å². The van der Waals surface area contributed by atoms with Crippen molar-refractivity contribution in [3.05, 3.63) is 35.9 Å². The molecule has 0 saturated heterocycles. The summed E-state index contributed by atoms with van der Waals surface area (Å²) < 4.78 is 0. The first-order valence-electron chi connectivity index (χ1n) is 7.06. The lowest BCUT2D eigenvalue weighted by molar-refractivity contribution is -0.146. The number of rotatable bonds is 6. The Morgan fingerprint density at radius 2 is 1.86 bits per heavy atom. The van der Waals surface area contributed by atoms with E-state index in [0.29, 0.717) is 0 Å². The third-order valence-electron chi connectivity index (χ3n) is 3.75. The third-order valence-corrected chi connectivity index (χ3v) is 3.75. The molecule has 0 aliphatic heterocycles. The van der Waals surface area contributed by atoms with Crippen molar-refractivity contribution in [2.75, 3.05) is 7.05 Å². The zero-order chi connectivity index (χ0) is 16.0. The summed E-state index contributed by atoms with van der Waals surface area (Å²) in [5.74, 6) is -1.03. The van der Waals surface area contributed by atoms with Crippen molar-refractivity contribution < 1.29 is 14.7 Å². The van der Waals surface area contributed by atoms with E-state index in [1.165, 1.54) is 31.4 Å². The minimum absolute atomic E-state index is 0.0234. The van der Waals surface area contributed by atoms with Crippen molar-refractivity contribution in [3.8, 4) is 0 Å². The van der Waals surface area contributed by atoms with Crippen LogP contribution in [0, 0.1) is 0 Å². The van der Waals surface area contributed by atoms with E-state index in [-0.39, 0.29) is 12.1 Å². The smallest absolute Gasteiger partial charge is 0.329 e. The van der Waals surface area contributed by atoms with Crippen molar-refractivity contribution >= 4 is 12.0 Å². The molecule has 2 amide bonds. The Kier molecular flexibility index (Phi) is 5.76. The standard InChI is InChI=1S/C16H24N2O3/c1-12(10-11-13-8-6-5-7-9-13)17-15(21)18(4)16(2,3)14(19)20/h5-9,12H,10-11H2,1-4H3,(H,17,21)(H,19,20). The predicted molar refractivity (Wildman–Crippen MR) is 82.2 cm³/mol. The van der Waals surface area contributed by atoms with Gasteiger partial charge in [-0.2, -0.15) is 0 Å². The van der Waals surface area contributed by atoms with Crippen LogP contribution in [-0.2, 0) is 11.2 Å². The highest BCUT2D eigenvalue weighted by molar-refractivity contribution is 5.85. The van der Waals surface area contributed by atoms with Gasteiger partial charge in [0.1, 0.15) is 5.54 Å². The van der Waals surface area contributed by atoms with Crippen molar-refractivity contribution in [1.29, 1.82) is 0 Å². The van der Waals surface area contributed by atoms with Gasteiger partial charge in [0.25, 0.3) is 0 Å². The molecule has 1 rings (SSSR count). The number of carboxylic acid groups (broad SMARTS) is 1. The lowest BCUT2D eigenvalue weighted by atomic mass is 10.0. The van der Waals surface area contributed by atoms with Gasteiger partial charge in [0.2, 0.25) is 0 Å². The molecule has 0 heterocycles. The molecular weight excluding hydrogens is 268 g/mol. The highest BCUT2D eigenvalue weighted by Gasteiger charge is 2.35. The number of carboxylic acids is 1. The molecule has 5 nitrogen and oxygen atoms in total. The van der Waals surface area contributed by atoms with E-state index in [1.807, 2.05) is 37.3 Å². The Morgan fingerprint density at radius 3 is 2.38 bits per heavy atom. The SMILES string of the molecule is CC(CCc1ccccc1)NC(=O)N(C)C(C)(C)C(=O)O. The number of aliphatic carboxylic acids is 1. The summed E-state index contributed by atoms with van der Waals surface area (Å²) in [6, 6.07) is 9.65. The summed E-state index contributed by atoms with van der Waals surface area (Å²) in [4.78, 5) is 24.4. The summed E-state index contributed by atoms with van der Waals surface area (Å²) in [6.07, 6.45) is 1.67. The van der Waals surface area contributed by atoms with Crippen LogP contribution in [0.3, 0.4) is 0 Å². The van der Waals surface area contributed by atoms with Crippen LogP contribution in [0.1, 0.15) is 32.8 Å². The van der Waals surface area contributed by atoms with Gasteiger partial charge in [-0.05, 0) is 39.2 Å². The Hall–Kier alpha value is -2.04. The van der Waals surface area contributed by atoms with E-state index in [1.54, 1.807) is 0 Å². The molecule has 0 aliphatic rings. The fourth-order valence-corrected chi connectivity index (χ4v) is 1.80. The molecule has 21 heavy (non-hydrogen) atoms. The van der Waals surface area contributed by atoms with E-state index >= 15 is 0 Å². The topological polar surface area (TPSA) is 69.6 Å². The number of carbonyl (C=O) groups excluding carboxylic acids is 1. The molecule has 0 bridgehead atoms. The fraction of sp³-hybridized carbons (Fsp3) is 0.500. The zero-order valence-electron chi connectivity index (χ0n) is 13.1. The van der Waals surface area contributed by atoms with E-state index in [9.17, 15) is 9.59 Å². The molecule has 2 N–H and O–H groups in total. The van der Waals surface area contributed by atoms with Gasteiger partial charge in [-0.3, -0.25) is 0 Å². The van der Waals surface area contributed by atoms with Crippen LogP contribution < -0.4 is 5.32 Å². The van der Waals surface area contributed by atoms with Crippen molar-refractivity contribution in [2.45, 2.75) is 45.2 Å². The maximum absolute atomic E-state index is 12.1. The number of carbonyl (C=O) groups is 2. The van der Waals surface area contributed by atoms with E-state index < -0.39 is 11.5 Å². The first-order valence-corrected chi connectivity index (χ1v) is 7.06. The molecule has 0 radical (unpaired) electrons. The molecule has 0 fully saturated rings. The molecule has 5 heteroatoms. The number of nitrogens with one attached hydrogen (secondary N) is 1. The minimum Gasteiger partial charge on any atom is -0.480 e. The normalized spacial score (nSPS) is 12.6. The second-order valence-corrected chi connectivity index (χ2v) is 5.80. The van der Waals surface area contributed by atoms with Gasteiger partial charge in [-0.25, -0.2) is 9.59 Å². The highest BCUT2D eigenvalue weighted by Crippen LogP contribution is 2.13. The van der Waals surface area contributed by atoms with Gasteiger partial charge < -0.3 is 15.3 Å². The molecule has 0 aliphatic carbocycles. The van der Waals surface area contributed by atoms with Crippen molar-refractivity contribution in [2.24, 2.45) is 0 Å². The Morgan fingerprint density at radius 1 is 1.29 bits per heavy atom. The molecule has 0 spiro atoms. The van der Waals surface area contributed by atoms with E-state index in [2.05, 4.69) is 5.32 Å². The lowest BCUT2D eigenvalue weighted by Gasteiger charge is -2.32. The summed E-state index contributed by atoms with van der Waals surface area (Å²) in [6.45, 7) is 4.93.